The number of hydrogen-bond acceptors (Lipinski definition) is 2. The van der Waals surface area contributed by atoms with E-state index in [-0.39, 0.29) is 5.82 Å². The number of rotatable bonds is 8. The second kappa shape index (κ2) is 7.93. The molecule has 0 amide bonds. The van der Waals surface area contributed by atoms with Crippen LogP contribution in [-0.4, -0.2) is 22.1 Å². The summed E-state index contributed by atoms with van der Waals surface area (Å²) in [5.41, 5.74) is 1.17. The first-order chi connectivity index (χ1) is 10.2. The molecule has 0 aliphatic rings. The Kier molecular flexibility index (Phi) is 5.93. The zero-order valence-electron chi connectivity index (χ0n) is 12.8. The highest BCUT2D eigenvalue weighted by molar-refractivity contribution is 5.17. The van der Waals surface area contributed by atoms with E-state index in [1.54, 1.807) is 0 Å². The van der Waals surface area contributed by atoms with Gasteiger partial charge < -0.3 is 9.88 Å². The zero-order valence-corrected chi connectivity index (χ0v) is 12.8. The maximum Gasteiger partial charge on any atom is 0.123 e. The Hall–Kier alpha value is -1.68. The van der Waals surface area contributed by atoms with Gasteiger partial charge in [0, 0.05) is 31.9 Å². The highest BCUT2D eigenvalue weighted by atomic mass is 19.1. The fraction of sp³-hybridized carbons (Fsp3) is 0.471. The van der Waals surface area contributed by atoms with Gasteiger partial charge >= 0.3 is 0 Å². The normalized spacial score (nSPS) is 12.5. The molecule has 1 aromatic carbocycles. The lowest BCUT2D eigenvalue weighted by Gasteiger charge is -2.18. The lowest BCUT2D eigenvalue weighted by molar-refractivity contribution is 0.470. The molecule has 0 aliphatic heterocycles. The van der Waals surface area contributed by atoms with E-state index in [1.165, 1.54) is 17.7 Å². The van der Waals surface area contributed by atoms with Crippen molar-refractivity contribution in [2.75, 3.05) is 6.54 Å². The fourth-order valence-corrected chi connectivity index (χ4v) is 2.47. The summed E-state index contributed by atoms with van der Waals surface area (Å²) in [6, 6.07) is 7.20. The third-order valence-corrected chi connectivity index (χ3v) is 3.72. The molecule has 1 heterocycles. The molecule has 0 saturated carbocycles. The number of aryl methyl sites for hydroxylation is 2. The van der Waals surface area contributed by atoms with Crippen LogP contribution in [0.4, 0.5) is 4.39 Å². The van der Waals surface area contributed by atoms with Crippen molar-refractivity contribution in [2.24, 2.45) is 7.05 Å². The minimum atomic E-state index is -0.176. The Morgan fingerprint density at radius 1 is 1.29 bits per heavy atom. The molecule has 1 aromatic heterocycles. The maximum absolute atomic E-state index is 13.0. The number of benzene rings is 1. The predicted octanol–water partition coefficient (Wildman–Crippen LogP) is 3.10. The summed E-state index contributed by atoms with van der Waals surface area (Å²) in [5, 5.41) is 3.58. The van der Waals surface area contributed by atoms with Crippen molar-refractivity contribution in [3.8, 4) is 0 Å². The molecule has 114 valence electrons. The fourth-order valence-electron chi connectivity index (χ4n) is 2.47. The molecule has 0 bridgehead atoms. The van der Waals surface area contributed by atoms with Gasteiger partial charge in [0.25, 0.3) is 0 Å². The van der Waals surface area contributed by atoms with Gasteiger partial charge in [0.2, 0.25) is 0 Å². The number of nitrogens with zero attached hydrogens (tertiary/aromatic N) is 2. The van der Waals surface area contributed by atoms with Crippen molar-refractivity contribution in [1.82, 2.24) is 14.9 Å². The van der Waals surface area contributed by atoms with Crippen LogP contribution in [0.1, 0.15) is 31.2 Å². The van der Waals surface area contributed by atoms with Gasteiger partial charge in [0.1, 0.15) is 11.6 Å². The SMILES string of the molecule is CCCNC(CCc1nccn1C)Cc1ccc(F)cc1. The standard InChI is InChI=1S/C17H24FN3/c1-3-10-19-16(8-9-17-20-11-12-21(17)2)13-14-4-6-15(18)7-5-14/h4-7,11-12,16,19H,3,8-10,13H2,1-2H3. The predicted molar refractivity (Wildman–Crippen MR) is 83.7 cm³/mol. The van der Waals surface area contributed by atoms with Gasteiger partial charge in [0.05, 0.1) is 0 Å². The summed E-state index contributed by atoms with van der Waals surface area (Å²) in [6.07, 6.45) is 7.83. The van der Waals surface area contributed by atoms with Crippen LogP contribution in [0.15, 0.2) is 36.7 Å². The number of imidazole rings is 1. The molecule has 1 N–H and O–H groups in total. The summed E-state index contributed by atoms with van der Waals surface area (Å²) in [5.74, 6) is 0.933. The second-order valence-corrected chi connectivity index (χ2v) is 5.47. The monoisotopic (exact) mass is 289 g/mol. The average Bonchev–Trinajstić information content (AvgIpc) is 2.89. The number of aromatic nitrogens is 2. The smallest absolute Gasteiger partial charge is 0.123 e. The van der Waals surface area contributed by atoms with Gasteiger partial charge in [-0.25, -0.2) is 9.37 Å². The Balaban J connectivity index is 1.93. The van der Waals surface area contributed by atoms with Crippen molar-refractivity contribution < 1.29 is 4.39 Å². The summed E-state index contributed by atoms with van der Waals surface area (Å²) in [4.78, 5) is 4.37. The molecule has 2 rings (SSSR count). The first-order valence-electron chi connectivity index (χ1n) is 7.63. The molecular formula is C17H24FN3. The van der Waals surface area contributed by atoms with Crippen molar-refractivity contribution >= 4 is 0 Å². The van der Waals surface area contributed by atoms with Crippen molar-refractivity contribution in [1.29, 1.82) is 0 Å². The molecule has 0 spiro atoms. The number of nitrogens with one attached hydrogen (secondary N) is 1. The molecule has 21 heavy (non-hydrogen) atoms. The van der Waals surface area contributed by atoms with E-state index >= 15 is 0 Å². The van der Waals surface area contributed by atoms with Crippen LogP contribution in [0.3, 0.4) is 0 Å². The summed E-state index contributed by atoms with van der Waals surface area (Å²) in [7, 11) is 2.02. The van der Waals surface area contributed by atoms with Gasteiger partial charge in [-0.1, -0.05) is 19.1 Å². The van der Waals surface area contributed by atoms with Crippen LogP contribution in [-0.2, 0) is 19.9 Å². The Bertz CT molecular complexity index is 533. The van der Waals surface area contributed by atoms with Crippen LogP contribution >= 0.6 is 0 Å². The van der Waals surface area contributed by atoms with E-state index in [0.717, 1.165) is 38.1 Å². The maximum atomic E-state index is 13.0. The third-order valence-electron chi connectivity index (χ3n) is 3.72. The molecule has 1 atom stereocenters. The van der Waals surface area contributed by atoms with E-state index in [9.17, 15) is 4.39 Å². The first-order valence-corrected chi connectivity index (χ1v) is 7.63. The van der Waals surface area contributed by atoms with E-state index in [0.29, 0.717) is 6.04 Å². The molecule has 0 aliphatic carbocycles. The largest absolute Gasteiger partial charge is 0.338 e. The molecule has 0 saturated heterocycles. The molecule has 0 fully saturated rings. The minimum absolute atomic E-state index is 0.176. The van der Waals surface area contributed by atoms with Gasteiger partial charge in [-0.15, -0.1) is 0 Å². The van der Waals surface area contributed by atoms with Gasteiger partial charge in [-0.05, 0) is 43.5 Å². The molecule has 4 heteroatoms. The van der Waals surface area contributed by atoms with Crippen LogP contribution in [0.25, 0.3) is 0 Å². The van der Waals surface area contributed by atoms with Crippen LogP contribution in [0.5, 0.6) is 0 Å². The number of halogens is 1. The quantitative estimate of drug-likeness (QED) is 0.809. The summed E-state index contributed by atoms with van der Waals surface area (Å²) >= 11 is 0. The van der Waals surface area contributed by atoms with Crippen molar-refractivity contribution in [3.63, 3.8) is 0 Å². The van der Waals surface area contributed by atoms with Gasteiger partial charge in [0.15, 0.2) is 0 Å². The van der Waals surface area contributed by atoms with Crippen LogP contribution < -0.4 is 5.32 Å². The topological polar surface area (TPSA) is 29.9 Å². The van der Waals surface area contributed by atoms with Crippen molar-refractivity contribution in [3.05, 3.63) is 53.9 Å². The minimum Gasteiger partial charge on any atom is -0.338 e. The Morgan fingerprint density at radius 2 is 2.05 bits per heavy atom. The van der Waals surface area contributed by atoms with Gasteiger partial charge in [-0.3, -0.25) is 0 Å². The average molecular weight is 289 g/mol. The first kappa shape index (κ1) is 15.7. The van der Waals surface area contributed by atoms with E-state index in [1.807, 2.05) is 31.6 Å². The second-order valence-electron chi connectivity index (χ2n) is 5.47. The van der Waals surface area contributed by atoms with E-state index < -0.39 is 0 Å². The molecule has 3 nitrogen and oxygen atoms in total. The van der Waals surface area contributed by atoms with E-state index in [4.69, 9.17) is 0 Å². The zero-order chi connectivity index (χ0) is 15.1. The third kappa shape index (κ3) is 4.97. The molecule has 2 aromatic rings. The summed E-state index contributed by atoms with van der Waals surface area (Å²) < 4.78 is 15.0. The van der Waals surface area contributed by atoms with Crippen LogP contribution in [0, 0.1) is 5.82 Å². The summed E-state index contributed by atoms with van der Waals surface area (Å²) in [6.45, 7) is 3.17. The highest BCUT2D eigenvalue weighted by Gasteiger charge is 2.11. The number of hydrogen-bond donors (Lipinski definition) is 1. The molecule has 0 radical (unpaired) electrons. The van der Waals surface area contributed by atoms with Crippen molar-refractivity contribution in [2.45, 2.75) is 38.6 Å². The molecule has 1 unspecified atom stereocenters. The Labute approximate surface area is 126 Å². The van der Waals surface area contributed by atoms with E-state index in [2.05, 4.69) is 21.8 Å². The lowest BCUT2D eigenvalue weighted by atomic mass is 10.0. The lowest BCUT2D eigenvalue weighted by Crippen LogP contribution is -2.32. The Morgan fingerprint density at radius 3 is 2.67 bits per heavy atom. The van der Waals surface area contributed by atoms with Crippen LogP contribution in [0.2, 0.25) is 0 Å². The van der Waals surface area contributed by atoms with Gasteiger partial charge in [-0.2, -0.15) is 0 Å². The highest BCUT2D eigenvalue weighted by Crippen LogP contribution is 2.10. The molecular weight excluding hydrogens is 265 g/mol.